The van der Waals surface area contributed by atoms with Crippen molar-refractivity contribution in [2.24, 2.45) is 0 Å². The van der Waals surface area contributed by atoms with Crippen molar-refractivity contribution >= 4 is 5.82 Å². The predicted molar refractivity (Wildman–Crippen MR) is 63.0 cm³/mol. The van der Waals surface area contributed by atoms with E-state index in [1.807, 2.05) is 23.1 Å². The van der Waals surface area contributed by atoms with Crippen molar-refractivity contribution in [2.45, 2.75) is 32.9 Å². The van der Waals surface area contributed by atoms with E-state index in [9.17, 15) is 0 Å². The third kappa shape index (κ3) is 2.62. The third-order valence-electron chi connectivity index (χ3n) is 2.45. The van der Waals surface area contributed by atoms with E-state index in [4.69, 9.17) is 0 Å². The fourth-order valence-electron chi connectivity index (χ4n) is 1.54. The summed E-state index contributed by atoms with van der Waals surface area (Å²) in [5.41, 5.74) is 1.07. The first kappa shape index (κ1) is 10.7. The number of rotatable bonds is 6. The van der Waals surface area contributed by atoms with Crippen molar-refractivity contribution in [1.29, 1.82) is 0 Å². The van der Waals surface area contributed by atoms with Crippen LogP contribution < -0.4 is 5.32 Å². The molecular weight excluding hydrogens is 202 g/mol. The fourth-order valence-corrected chi connectivity index (χ4v) is 1.54. The number of nitrogens with zero attached hydrogens (tertiary/aromatic N) is 3. The second kappa shape index (κ2) is 5.34. The summed E-state index contributed by atoms with van der Waals surface area (Å²) in [5, 5.41) is 7.62. The Labute approximate surface area is 94.9 Å². The van der Waals surface area contributed by atoms with E-state index in [-0.39, 0.29) is 0 Å². The largest absolute Gasteiger partial charge is 0.365 e. The van der Waals surface area contributed by atoms with Crippen molar-refractivity contribution in [3.63, 3.8) is 0 Å². The van der Waals surface area contributed by atoms with Gasteiger partial charge in [-0.2, -0.15) is 5.10 Å². The van der Waals surface area contributed by atoms with Crippen LogP contribution in [0, 0.1) is 0 Å². The van der Waals surface area contributed by atoms with Gasteiger partial charge in [-0.3, -0.25) is 0 Å². The van der Waals surface area contributed by atoms with Crippen molar-refractivity contribution in [3.8, 4) is 0 Å². The minimum Gasteiger partial charge on any atom is -0.365 e. The van der Waals surface area contributed by atoms with Gasteiger partial charge in [0.05, 0.1) is 24.8 Å². The van der Waals surface area contributed by atoms with Gasteiger partial charge in [0, 0.05) is 18.8 Å². The topological polar surface area (TPSA) is 58.5 Å². The molecule has 0 saturated carbocycles. The highest BCUT2D eigenvalue weighted by molar-refractivity contribution is 5.34. The van der Waals surface area contributed by atoms with Crippen molar-refractivity contribution in [3.05, 3.63) is 30.5 Å². The maximum Gasteiger partial charge on any atom is 0.124 e. The number of imidazole rings is 1. The molecule has 0 atom stereocenters. The molecule has 0 aliphatic heterocycles. The molecule has 0 fully saturated rings. The van der Waals surface area contributed by atoms with Gasteiger partial charge in [-0.05, 0) is 6.42 Å². The van der Waals surface area contributed by atoms with E-state index < -0.39 is 0 Å². The van der Waals surface area contributed by atoms with Crippen LogP contribution in [0.2, 0.25) is 0 Å². The molecule has 0 bridgehead atoms. The summed E-state index contributed by atoms with van der Waals surface area (Å²) < 4.78 is 2.00. The molecule has 0 saturated heterocycles. The number of hydrogen-bond donors (Lipinski definition) is 2. The van der Waals surface area contributed by atoms with Crippen LogP contribution >= 0.6 is 0 Å². The minimum absolute atomic E-state index is 0.748. The molecule has 0 aliphatic carbocycles. The van der Waals surface area contributed by atoms with Crippen LogP contribution in [0.4, 0.5) is 5.82 Å². The molecule has 0 aliphatic rings. The molecule has 2 aromatic rings. The van der Waals surface area contributed by atoms with E-state index in [1.165, 1.54) is 6.42 Å². The minimum atomic E-state index is 0.748. The van der Waals surface area contributed by atoms with Gasteiger partial charge in [0.1, 0.15) is 5.82 Å². The van der Waals surface area contributed by atoms with E-state index in [2.05, 4.69) is 27.3 Å². The summed E-state index contributed by atoms with van der Waals surface area (Å²) in [6, 6.07) is 1.99. The maximum atomic E-state index is 4.28. The SMILES string of the molecule is CCCCn1nccc1NCc1cnc[nH]1. The Balaban J connectivity index is 1.91. The van der Waals surface area contributed by atoms with Gasteiger partial charge >= 0.3 is 0 Å². The lowest BCUT2D eigenvalue weighted by Crippen LogP contribution is -2.08. The van der Waals surface area contributed by atoms with Crippen molar-refractivity contribution in [1.82, 2.24) is 19.7 Å². The number of anilines is 1. The molecule has 5 heteroatoms. The van der Waals surface area contributed by atoms with E-state index in [1.54, 1.807) is 6.33 Å². The summed E-state index contributed by atoms with van der Waals surface area (Å²) in [7, 11) is 0. The van der Waals surface area contributed by atoms with E-state index >= 15 is 0 Å². The quantitative estimate of drug-likeness (QED) is 0.781. The average molecular weight is 219 g/mol. The highest BCUT2D eigenvalue weighted by Crippen LogP contribution is 2.08. The van der Waals surface area contributed by atoms with Crippen LogP contribution in [-0.4, -0.2) is 19.7 Å². The molecule has 2 heterocycles. The molecule has 0 spiro atoms. The normalized spacial score (nSPS) is 10.6. The number of hydrogen-bond acceptors (Lipinski definition) is 3. The Morgan fingerprint density at radius 1 is 1.50 bits per heavy atom. The van der Waals surface area contributed by atoms with Crippen LogP contribution in [0.15, 0.2) is 24.8 Å². The summed E-state index contributed by atoms with van der Waals surface area (Å²) in [4.78, 5) is 7.04. The van der Waals surface area contributed by atoms with Crippen LogP contribution in [0.5, 0.6) is 0 Å². The van der Waals surface area contributed by atoms with Crippen LogP contribution in [0.1, 0.15) is 25.5 Å². The number of aromatic amines is 1. The first-order valence-electron chi connectivity index (χ1n) is 5.63. The summed E-state index contributed by atoms with van der Waals surface area (Å²) in [5.74, 6) is 1.06. The average Bonchev–Trinajstić information content (AvgIpc) is 2.94. The lowest BCUT2D eigenvalue weighted by molar-refractivity contribution is 0.576. The molecule has 0 aromatic carbocycles. The number of aryl methyl sites for hydroxylation is 1. The zero-order valence-electron chi connectivity index (χ0n) is 9.48. The number of aromatic nitrogens is 4. The van der Waals surface area contributed by atoms with E-state index in [0.717, 1.165) is 31.0 Å². The lowest BCUT2D eigenvalue weighted by Gasteiger charge is -2.08. The Kier molecular flexibility index (Phi) is 3.58. The fraction of sp³-hybridized carbons (Fsp3) is 0.455. The standard InChI is InChI=1S/C11H17N5/c1-2-3-6-16-11(4-5-15-16)13-8-10-7-12-9-14-10/h4-5,7,9,13H,2-3,6,8H2,1H3,(H,12,14). The summed E-state index contributed by atoms with van der Waals surface area (Å²) in [6.07, 6.45) is 7.66. The first-order valence-corrected chi connectivity index (χ1v) is 5.63. The molecule has 0 radical (unpaired) electrons. The zero-order chi connectivity index (χ0) is 11.2. The molecule has 5 nitrogen and oxygen atoms in total. The first-order chi connectivity index (χ1) is 7.90. The molecule has 16 heavy (non-hydrogen) atoms. The Morgan fingerprint density at radius 2 is 2.44 bits per heavy atom. The molecule has 2 aromatic heterocycles. The van der Waals surface area contributed by atoms with Crippen LogP contribution in [0.3, 0.4) is 0 Å². The third-order valence-corrected chi connectivity index (χ3v) is 2.45. The van der Waals surface area contributed by atoms with Crippen molar-refractivity contribution < 1.29 is 0 Å². The Bertz CT molecular complexity index is 404. The smallest absolute Gasteiger partial charge is 0.124 e. The molecule has 86 valence electrons. The van der Waals surface area contributed by atoms with Gasteiger partial charge in [-0.1, -0.05) is 13.3 Å². The number of unbranched alkanes of at least 4 members (excludes halogenated alkanes) is 1. The molecule has 0 amide bonds. The second-order valence-electron chi connectivity index (χ2n) is 3.72. The summed E-state index contributed by atoms with van der Waals surface area (Å²) in [6.45, 7) is 3.90. The summed E-state index contributed by atoms with van der Waals surface area (Å²) >= 11 is 0. The molecule has 2 N–H and O–H groups in total. The van der Waals surface area contributed by atoms with E-state index in [0.29, 0.717) is 0 Å². The maximum absolute atomic E-state index is 4.28. The van der Waals surface area contributed by atoms with Crippen molar-refractivity contribution in [2.75, 3.05) is 5.32 Å². The Hall–Kier alpha value is -1.78. The van der Waals surface area contributed by atoms with Gasteiger partial charge < -0.3 is 10.3 Å². The highest BCUT2D eigenvalue weighted by Gasteiger charge is 2.01. The molecule has 2 rings (SSSR count). The van der Waals surface area contributed by atoms with Gasteiger partial charge in [-0.25, -0.2) is 9.67 Å². The van der Waals surface area contributed by atoms with Gasteiger partial charge in [0.25, 0.3) is 0 Å². The number of H-pyrrole nitrogens is 1. The Morgan fingerprint density at radius 3 is 3.19 bits per heavy atom. The monoisotopic (exact) mass is 219 g/mol. The van der Waals surface area contributed by atoms with Crippen LogP contribution in [0.25, 0.3) is 0 Å². The number of nitrogens with one attached hydrogen (secondary N) is 2. The zero-order valence-corrected chi connectivity index (χ0v) is 9.48. The van der Waals surface area contributed by atoms with Crippen LogP contribution in [-0.2, 0) is 13.1 Å². The second-order valence-corrected chi connectivity index (χ2v) is 3.72. The lowest BCUT2D eigenvalue weighted by atomic mass is 10.3. The van der Waals surface area contributed by atoms with Gasteiger partial charge in [0.15, 0.2) is 0 Å². The van der Waals surface area contributed by atoms with Gasteiger partial charge in [0.2, 0.25) is 0 Å². The van der Waals surface area contributed by atoms with Gasteiger partial charge in [-0.15, -0.1) is 0 Å². The highest BCUT2D eigenvalue weighted by atomic mass is 15.3. The predicted octanol–water partition coefficient (Wildman–Crippen LogP) is 2.02. The molecule has 0 unspecified atom stereocenters. The molecular formula is C11H17N5.